The van der Waals surface area contributed by atoms with Crippen LogP contribution in [0.1, 0.15) is 26.7 Å². The largest absolute Gasteiger partial charge is 0.353 e. The Morgan fingerprint density at radius 2 is 2.38 bits per heavy atom. The van der Waals surface area contributed by atoms with E-state index in [1.165, 1.54) is 0 Å². The van der Waals surface area contributed by atoms with Crippen LogP contribution in [0.2, 0.25) is 0 Å². The Balaban J connectivity index is 2.30. The summed E-state index contributed by atoms with van der Waals surface area (Å²) in [6.07, 6.45) is 4.93. The monoisotopic (exact) mass is 225 g/mol. The van der Waals surface area contributed by atoms with Crippen molar-refractivity contribution < 1.29 is 4.79 Å². The number of aromatic nitrogens is 3. The Morgan fingerprint density at radius 3 is 2.94 bits per heavy atom. The second-order valence-corrected chi connectivity index (χ2v) is 4.09. The van der Waals surface area contributed by atoms with Crippen molar-refractivity contribution in [2.75, 3.05) is 6.54 Å². The second kappa shape index (κ2) is 5.60. The summed E-state index contributed by atoms with van der Waals surface area (Å²) in [6.45, 7) is 4.88. The fourth-order valence-corrected chi connectivity index (χ4v) is 1.47. The summed E-state index contributed by atoms with van der Waals surface area (Å²) in [7, 11) is 0. The number of amides is 1. The van der Waals surface area contributed by atoms with Crippen LogP contribution in [0.3, 0.4) is 0 Å². The molecule has 0 saturated carbocycles. The summed E-state index contributed by atoms with van der Waals surface area (Å²) in [5.41, 5.74) is 5.10. The topological polar surface area (TPSA) is 85.8 Å². The molecule has 90 valence electrons. The molecular formula is C10H19N5O. The number of hydrogen-bond acceptors (Lipinski definition) is 4. The quantitative estimate of drug-likeness (QED) is 0.708. The van der Waals surface area contributed by atoms with Gasteiger partial charge in [0.15, 0.2) is 0 Å². The van der Waals surface area contributed by atoms with Crippen LogP contribution >= 0.6 is 0 Å². The molecule has 1 amide bonds. The van der Waals surface area contributed by atoms with Crippen molar-refractivity contribution >= 4 is 5.91 Å². The van der Waals surface area contributed by atoms with E-state index >= 15 is 0 Å². The van der Waals surface area contributed by atoms with Crippen molar-refractivity contribution in [2.24, 2.45) is 5.73 Å². The van der Waals surface area contributed by atoms with Crippen LogP contribution in [0.4, 0.5) is 0 Å². The second-order valence-electron chi connectivity index (χ2n) is 4.09. The fraction of sp³-hybridized carbons (Fsp3) is 0.700. The Morgan fingerprint density at radius 1 is 1.62 bits per heavy atom. The molecule has 1 unspecified atom stereocenters. The fourth-order valence-electron chi connectivity index (χ4n) is 1.47. The average Bonchev–Trinajstić information content (AvgIpc) is 2.70. The van der Waals surface area contributed by atoms with Gasteiger partial charge in [0, 0.05) is 12.7 Å². The molecular weight excluding hydrogens is 206 g/mol. The van der Waals surface area contributed by atoms with Crippen molar-refractivity contribution in [3.05, 3.63) is 12.4 Å². The van der Waals surface area contributed by atoms with Gasteiger partial charge in [-0.25, -0.2) is 0 Å². The van der Waals surface area contributed by atoms with Gasteiger partial charge in [-0.3, -0.25) is 9.48 Å². The lowest BCUT2D eigenvalue weighted by molar-refractivity contribution is -0.126. The maximum absolute atomic E-state index is 11.7. The molecule has 0 bridgehead atoms. The summed E-state index contributed by atoms with van der Waals surface area (Å²) in [4.78, 5) is 11.7. The zero-order valence-corrected chi connectivity index (χ0v) is 9.81. The summed E-state index contributed by atoms with van der Waals surface area (Å²) in [5, 5.41) is 10.3. The van der Waals surface area contributed by atoms with Crippen LogP contribution in [0.5, 0.6) is 0 Å². The van der Waals surface area contributed by atoms with Crippen LogP contribution in [0.25, 0.3) is 0 Å². The number of nitrogens with two attached hydrogens (primary N) is 1. The van der Waals surface area contributed by atoms with E-state index in [1.54, 1.807) is 24.0 Å². The lowest BCUT2D eigenvalue weighted by Crippen LogP contribution is -2.52. The van der Waals surface area contributed by atoms with Crippen LogP contribution in [0, 0.1) is 0 Å². The molecule has 1 heterocycles. The minimum atomic E-state index is -0.781. The molecule has 0 saturated heterocycles. The average molecular weight is 225 g/mol. The normalized spacial score (nSPS) is 14.4. The van der Waals surface area contributed by atoms with E-state index in [4.69, 9.17) is 5.73 Å². The molecule has 16 heavy (non-hydrogen) atoms. The highest BCUT2D eigenvalue weighted by molar-refractivity contribution is 5.85. The number of carbonyl (C=O) groups excluding carboxylic acids is 1. The van der Waals surface area contributed by atoms with Crippen LogP contribution in [-0.2, 0) is 11.3 Å². The van der Waals surface area contributed by atoms with Gasteiger partial charge >= 0.3 is 0 Å². The van der Waals surface area contributed by atoms with Gasteiger partial charge in [-0.15, -0.1) is 5.10 Å². The highest BCUT2D eigenvalue weighted by Crippen LogP contribution is 2.07. The Hall–Kier alpha value is -1.43. The van der Waals surface area contributed by atoms with Crippen molar-refractivity contribution in [2.45, 2.75) is 38.8 Å². The van der Waals surface area contributed by atoms with E-state index < -0.39 is 5.54 Å². The number of rotatable bonds is 6. The van der Waals surface area contributed by atoms with Crippen molar-refractivity contribution in [3.8, 4) is 0 Å². The van der Waals surface area contributed by atoms with Crippen LogP contribution in [-0.4, -0.2) is 33.0 Å². The van der Waals surface area contributed by atoms with Gasteiger partial charge in [-0.2, -0.15) is 0 Å². The van der Waals surface area contributed by atoms with Gasteiger partial charge in [0.05, 0.1) is 18.3 Å². The van der Waals surface area contributed by atoms with Crippen LogP contribution < -0.4 is 11.1 Å². The molecule has 1 aromatic rings. The molecule has 0 fully saturated rings. The van der Waals surface area contributed by atoms with Gasteiger partial charge < -0.3 is 11.1 Å². The van der Waals surface area contributed by atoms with E-state index in [0.29, 0.717) is 19.5 Å². The van der Waals surface area contributed by atoms with E-state index in [2.05, 4.69) is 15.6 Å². The first-order valence-electron chi connectivity index (χ1n) is 5.47. The standard InChI is InChI=1S/C10H19N5O/c1-3-4-10(2,11)9(16)12-5-7-15-8-6-13-14-15/h6,8H,3-5,7,11H2,1-2H3,(H,12,16). The smallest absolute Gasteiger partial charge is 0.239 e. The maximum atomic E-state index is 11.7. The first-order chi connectivity index (χ1) is 7.56. The first kappa shape index (κ1) is 12.6. The molecule has 1 atom stereocenters. The molecule has 3 N–H and O–H groups in total. The third-order valence-corrected chi connectivity index (χ3v) is 2.39. The molecule has 0 spiro atoms. The number of hydrogen-bond donors (Lipinski definition) is 2. The number of carbonyl (C=O) groups is 1. The van der Waals surface area contributed by atoms with Gasteiger partial charge in [0.1, 0.15) is 0 Å². The number of nitrogens with one attached hydrogen (secondary N) is 1. The zero-order chi connectivity index (χ0) is 12.0. The Kier molecular flexibility index (Phi) is 4.42. The lowest BCUT2D eigenvalue weighted by Gasteiger charge is -2.22. The lowest BCUT2D eigenvalue weighted by atomic mass is 9.97. The highest BCUT2D eigenvalue weighted by Gasteiger charge is 2.26. The van der Waals surface area contributed by atoms with Gasteiger partial charge in [-0.1, -0.05) is 18.6 Å². The molecule has 0 aliphatic heterocycles. The Labute approximate surface area is 95.2 Å². The molecule has 6 nitrogen and oxygen atoms in total. The summed E-state index contributed by atoms with van der Waals surface area (Å²) in [5.74, 6) is -0.116. The van der Waals surface area contributed by atoms with E-state index in [1.807, 2.05) is 6.92 Å². The minimum Gasteiger partial charge on any atom is -0.353 e. The SMILES string of the molecule is CCCC(C)(N)C(=O)NCCn1ccnn1. The third-order valence-electron chi connectivity index (χ3n) is 2.39. The maximum Gasteiger partial charge on any atom is 0.239 e. The predicted octanol–water partition coefficient (Wildman–Crippen LogP) is -0.0882. The molecule has 0 aliphatic carbocycles. The van der Waals surface area contributed by atoms with Crippen LogP contribution in [0.15, 0.2) is 12.4 Å². The van der Waals surface area contributed by atoms with Gasteiger partial charge in [0.2, 0.25) is 5.91 Å². The van der Waals surface area contributed by atoms with Crippen molar-refractivity contribution in [1.29, 1.82) is 0 Å². The summed E-state index contributed by atoms with van der Waals surface area (Å²) >= 11 is 0. The van der Waals surface area contributed by atoms with Gasteiger partial charge in [0.25, 0.3) is 0 Å². The van der Waals surface area contributed by atoms with Crippen molar-refractivity contribution in [1.82, 2.24) is 20.3 Å². The molecule has 0 aliphatic rings. The first-order valence-corrected chi connectivity index (χ1v) is 5.47. The third kappa shape index (κ3) is 3.62. The molecule has 6 heteroatoms. The molecule has 1 aromatic heterocycles. The van der Waals surface area contributed by atoms with Crippen molar-refractivity contribution in [3.63, 3.8) is 0 Å². The summed E-state index contributed by atoms with van der Waals surface area (Å²) < 4.78 is 1.66. The molecule has 0 radical (unpaired) electrons. The van der Waals surface area contributed by atoms with E-state index in [0.717, 1.165) is 6.42 Å². The van der Waals surface area contributed by atoms with E-state index in [-0.39, 0.29) is 5.91 Å². The van der Waals surface area contributed by atoms with Gasteiger partial charge in [-0.05, 0) is 13.3 Å². The number of nitrogens with zero attached hydrogens (tertiary/aromatic N) is 3. The minimum absolute atomic E-state index is 0.116. The molecule has 1 rings (SSSR count). The Bertz CT molecular complexity index is 320. The highest BCUT2D eigenvalue weighted by atomic mass is 16.2. The predicted molar refractivity (Wildman–Crippen MR) is 60.5 cm³/mol. The van der Waals surface area contributed by atoms with E-state index in [9.17, 15) is 4.79 Å². The molecule has 0 aromatic carbocycles. The summed E-state index contributed by atoms with van der Waals surface area (Å²) in [6, 6.07) is 0. The zero-order valence-electron chi connectivity index (χ0n) is 9.81.